The van der Waals surface area contributed by atoms with Crippen LogP contribution in [0.25, 0.3) is 0 Å². The van der Waals surface area contributed by atoms with Gasteiger partial charge < -0.3 is 4.74 Å². The van der Waals surface area contributed by atoms with Crippen molar-refractivity contribution < 1.29 is 4.74 Å². The van der Waals surface area contributed by atoms with Crippen molar-refractivity contribution in [3.63, 3.8) is 0 Å². The fourth-order valence-corrected chi connectivity index (χ4v) is 4.70. The van der Waals surface area contributed by atoms with Crippen LogP contribution in [-0.4, -0.2) is 17.0 Å². The summed E-state index contributed by atoms with van der Waals surface area (Å²) in [6.45, 7) is 4.23. The Morgan fingerprint density at radius 2 is 1.72 bits per heavy atom. The van der Waals surface area contributed by atoms with E-state index in [0.717, 1.165) is 24.8 Å². The lowest BCUT2D eigenvalue weighted by molar-refractivity contribution is 0.299. The first-order valence-electron chi connectivity index (χ1n) is 9.48. The van der Waals surface area contributed by atoms with Crippen LogP contribution in [0.5, 0.6) is 5.75 Å². The first kappa shape index (κ1) is 17.0. The zero-order chi connectivity index (χ0) is 17.1. The molecule has 0 bridgehead atoms. The van der Waals surface area contributed by atoms with Crippen molar-refractivity contribution in [2.24, 2.45) is 5.92 Å². The standard InChI is InChI=1S/C22H27NOS/c1-17-7-14-22(20-5-3-2-4-6-20)25-23(17)15-18-10-12-21(13-11-18)24-16-19-8-9-19/h2-6,10-13,17,19,22H,7-9,14-16H2,1H3/t17-,22?/m0/s1. The van der Waals surface area contributed by atoms with Crippen LogP contribution in [0.1, 0.15) is 49.0 Å². The lowest BCUT2D eigenvalue weighted by Crippen LogP contribution is -2.31. The van der Waals surface area contributed by atoms with E-state index < -0.39 is 0 Å². The minimum absolute atomic E-state index is 0.582. The smallest absolute Gasteiger partial charge is 0.119 e. The van der Waals surface area contributed by atoms with E-state index in [1.807, 2.05) is 11.9 Å². The molecule has 25 heavy (non-hydrogen) atoms. The Kier molecular flexibility index (Phi) is 5.33. The molecule has 2 aliphatic rings. The van der Waals surface area contributed by atoms with Gasteiger partial charge in [0.2, 0.25) is 0 Å². The minimum atomic E-state index is 0.582. The summed E-state index contributed by atoms with van der Waals surface area (Å²) in [5.41, 5.74) is 2.82. The average molecular weight is 354 g/mol. The molecule has 0 spiro atoms. The number of hydrogen-bond acceptors (Lipinski definition) is 3. The van der Waals surface area contributed by atoms with Gasteiger partial charge in [-0.2, -0.15) is 0 Å². The summed E-state index contributed by atoms with van der Waals surface area (Å²) in [6, 6.07) is 20.3. The van der Waals surface area contributed by atoms with Gasteiger partial charge in [0.1, 0.15) is 5.75 Å². The topological polar surface area (TPSA) is 12.5 Å². The zero-order valence-electron chi connectivity index (χ0n) is 14.9. The third kappa shape index (κ3) is 4.59. The number of hydrogen-bond donors (Lipinski definition) is 0. The normalized spacial score (nSPS) is 24.2. The Morgan fingerprint density at radius 1 is 0.960 bits per heavy atom. The van der Waals surface area contributed by atoms with E-state index >= 15 is 0 Å². The summed E-state index contributed by atoms with van der Waals surface area (Å²) in [5, 5.41) is 0.582. The molecule has 132 valence electrons. The fraction of sp³-hybridized carbons (Fsp3) is 0.455. The van der Waals surface area contributed by atoms with E-state index in [0.29, 0.717) is 11.3 Å². The molecular formula is C22H27NOS. The van der Waals surface area contributed by atoms with E-state index in [1.54, 1.807) is 0 Å². The minimum Gasteiger partial charge on any atom is -0.493 e. The van der Waals surface area contributed by atoms with E-state index in [9.17, 15) is 0 Å². The van der Waals surface area contributed by atoms with E-state index in [-0.39, 0.29) is 0 Å². The number of nitrogens with zero attached hydrogens (tertiary/aromatic N) is 1. The third-order valence-electron chi connectivity index (χ3n) is 5.22. The van der Waals surface area contributed by atoms with Crippen LogP contribution >= 0.6 is 11.9 Å². The van der Waals surface area contributed by atoms with Crippen molar-refractivity contribution in [1.29, 1.82) is 0 Å². The van der Waals surface area contributed by atoms with Gasteiger partial charge in [0.15, 0.2) is 0 Å². The maximum absolute atomic E-state index is 5.85. The largest absolute Gasteiger partial charge is 0.493 e. The Morgan fingerprint density at radius 3 is 2.44 bits per heavy atom. The number of benzene rings is 2. The molecule has 2 fully saturated rings. The maximum atomic E-state index is 5.85. The first-order chi connectivity index (χ1) is 12.3. The van der Waals surface area contributed by atoms with E-state index in [2.05, 4.69) is 65.8 Å². The third-order valence-corrected chi connectivity index (χ3v) is 6.74. The molecule has 0 amide bonds. The highest BCUT2D eigenvalue weighted by molar-refractivity contribution is 7.97. The Bertz CT molecular complexity index is 668. The fourth-order valence-electron chi connectivity index (χ4n) is 3.31. The quantitative estimate of drug-likeness (QED) is 0.605. The molecule has 0 N–H and O–H groups in total. The first-order valence-corrected chi connectivity index (χ1v) is 10.3. The van der Waals surface area contributed by atoms with Crippen LogP contribution in [0.3, 0.4) is 0 Å². The monoisotopic (exact) mass is 353 g/mol. The molecule has 3 heteroatoms. The SMILES string of the molecule is C[C@H]1CCC(c2ccccc2)SN1Cc1ccc(OCC2CC2)cc1. The molecular weight excluding hydrogens is 326 g/mol. The van der Waals surface area contributed by atoms with Crippen LogP contribution in [0.4, 0.5) is 0 Å². The maximum Gasteiger partial charge on any atom is 0.119 e. The molecule has 0 aromatic heterocycles. The summed E-state index contributed by atoms with van der Waals surface area (Å²) in [4.78, 5) is 0. The van der Waals surface area contributed by atoms with Gasteiger partial charge in [-0.25, -0.2) is 4.31 Å². The molecule has 2 atom stereocenters. The van der Waals surface area contributed by atoms with Crippen molar-refractivity contribution >= 4 is 11.9 Å². The molecule has 1 saturated heterocycles. The molecule has 0 radical (unpaired) electrons. The number of ether oxygens (including phenoxy) is 1. The van der Waals surface area contributed by atoms with Gasteiger partial charge in [0, 0.05) is 17.8 Å². The lowest BCUT2D eigenvalue weighted by atomic mass is 10.0. The van der Waals surface area contributed by atoms with Crippen LogP contribution in [-0.2, 0) is 6.54 Å². The molecule has 1 heterocycles. The summed E-state index contributed by atoms with van der Waals surface area (Å²) in [5.74, 6) is 1.82. The van der Waals surface area contributed by atoms with Crippen LogP contribution in [0.15, 0.2) is 54.6 Å². The predicted octanol–water partition coefficient (Wildman–Crippen LogP) is 5.85. The molecule has 1 saturated carbocycles. The second kappa shape index (κ2) is 7.84. The van der Waals surface area contributed by atoms with Crippen molar-refractivity contribution in [3.05, 3.63) is 65.7 Å². The van der Waals surface area contributed by atoms with Crippen molar-refractivity contribution in [3.8, 4) is 5.75 Å². The molecule has 4 rings (SSSR count). The Labute approximate surface area is 155 Å². The highest BCUT2D eigenvalue weighted by Crippen LogP contribution is 2.43. The molecule has 2 nitrogen and oxygen atoms in total. The Hall–Kier alpha value is -1.45. The summed E-state index contributed by atoms with van der Waals surface area (Å²) < 4.78 is 8.41. The molecule has 1 unspecified atom stereocenters. The molecule has 1 aliphatic carbocycles. The van der Waals surface area contributed by atoms with Gasteiger partial charge in [0.05, 0.1) is 6.61 Å². The van der Waals surface area contributed by atoms with Gasteiger partial charge in [-0.1, -0.05) is 54.4 Å². The van der Waals surface area contributed by atoms with Crippen molar-refractivity contribution in [2.45, 2.75) is 50.4 Å². The molecule has 1 aliphatic heterocycles. The summed E-state index contributed by atoms with van der Waals surface area (Å²) in [7, 11) is 0. The molecule has 2 aromatic carbocycles. The van der Waals surface area contributed by atoms with Gasteiger partial charge in [-0.05, 0) is 61.8 Å². The van der Waals surface area contributed by atoms with Crippen molar-refractivity contribution in [1.82, 2.24) is 4.31 Å². The van der Waals surface area contributed by atoms with Crippen LogP contribution in [0, 0.1) is 5.92 Å². The van der Waals surface area contributed by atoms with E-state index in [4.69, 9.17) is 4.74 Å². The van der Waals surface area contributed by atoms with Gasteiger partial charge in [-0.15, -0.1) is 0 Å². The molecule has 2 aromatic rings. The average Bonchev–Trinajstić information content (AvgIpc) is 3.48. The second-order valence-electron chi connectivity index (χ2n) is 7.40. The van der Waals surface area contributed by atoms with Crippen LogP contribution in [0.2, 0.25) is 0 Å². The lowest BCUT2D eigenvalue weighted by Gasteiger charge is -2.37. The Balaban J connectivity index is 1.36. The highest BCUT2D eigenvalue weighted by Gasteiger charge is 2.27. The van der Waals surface area contributed by atoms with Crippen molar-refractivity contribution in [2.75, 3.05) is 6.61 Å². The summed E-state index contributed by atoms with van der Waals surface area (Å²) >= 11 is 2.02. The zero-order valence-corrected chi connectivity index (χ0v) is 15.8. The van der Waals surface area contributed by atoms with Gasteiger partial charge >= 0.3 is 0 Å². The van der Waals surface area contributed by atoms with Gasteiger partial charge in [0.25, 0.3) is 0 Å². The van der Waals surface area contributed by atoms with E-state index in [1.165, 1.54) is 36.8 Å². The van der Waals surface area contributed by atoms with Gasteiger partial charge in [-0.3, -0.25) is 0 Å². The summed E-state index contributed by atoms with van der Waals surface area (Å²) in [6.07, 6.45) is 5.20. The highest BCUT2D eigenvalue weighted by atomic mass is 32.2. The predicted molar refractivity (Wildman–Crippen MR) is 106 cm³/mol. The van der Waals surface area contributed by atoms with Crippen LogP contribution < -0.4 is 4.74 Å². The number of rotatable bonds is 6. The second-order valence-corrected chi connectivity index (χ2v) is 8.65.